The molecule has 3 rings (SSSR count). The summed E-state index contributed by atoms with van der Waals surface area (Å²) < 4.78 is 19.0. The number of hydrogen-bond acceptors (Lipinski definition) is 3. The molecular weight excluding hydrogens is 367 g/mol. The molecule has 2 aromatic carbocycles. The molecule has 1 fully saturated rings. The summed E-state index contributed by atoms with van der Waals surface area (Å²) in [6.07, 6.45) is 0.0848. The minimum absolute atomic E-state index is 0.00357. The van der Waals surface area contributed by atoms with Crippen molar-refractivity contribution in [3.05, 3.63) is 58.9 Å². The van der Waals surface area contributed by atoms with E-state index in [9.17, 15) is 9.18 Å². The molecule has 0 bridgehead atoms. The molecule has 1 unspecified atom stereocenters. The van der Waals surface area contributed by atoms with Gasteiger partial charge in [0.25, 0.3) is 5.91 Å². The smallest absolute Gasteiger partial charge is 0.263 e. The van der Waals surface area contributed by atoms with Gasteiger partial charge in [0.1, 0.15) is 11.6 Å². The van der Waals surface area contributed by atoms with Crippen molar-refractivity contribution in [2.45, 2.75) is 26.4 Å². The first-order valence-corrected chi connectivity index (χ1v) is 9.58. The number of amides is 1. The zero-order valence-corrected chi connectivity index (χ0v) is 16.4. The van der Waals surface area contributed by atoms with Gasteiger partial charge >= 0.3 is 0 Å². The molecule has 0 aliphatic carbocycles. The number of carbonyl (C=O) groups excluding carboxylic acids is 1. The second kappa shape index (κ2) is 8.61. The van der Waals surface area contributed by atoms with Crippen molar-refractivity contribution in [3.63, 3.8) is 0 Å². The molecule has 0 saturated carbocycles. The number of carbonyl (C=O) groups is 1. The van der Waals surface area contributed by atoms with Crippen molar-refractivity contribution in [1.82, 2.24) is 4.90 Å². The Morgan fingerprint density at radius 3 is 2.41 bits per heavy atom. The highest BCUT2D eigenvalue weighted by Crippen LogP contribution is 2.23. The molecule has 0 aromatic heterocycles. The molecule has 1 aliphatic heterocycles. The van der Waals surface area contributed by atoms with Crippen molar-refractivity contribution in [2.75, 3.05) is 31.1 Å². The molecular formula is C21H24ClFN2O2. The van der Waals surface area contributed by atoms with Gasteiger partial charge in [-0.1, -0.05) is 18.5 Å². The summed E-state index contributed by atoms with van der Waals surface area (Å²) in [7, 11) is 0. The van der Waals surface area contributed by atoms with Crippen LogP contribution in [0.5, 0.6) is 5.75 Å². The van der Waals surface area contributed by atoms with Crippen molar-refractivity contribution in [2.24, 2.45) is 0 Å². The van der Waals surface area contributed by atoms with Crippen LogP contribution in [0.15, 0.2) is 42.5 Å². The van der Waals surface area contributed by atoms with E-state index in [4.69, 9.17) is 16.3 Å². The maximum atomic E-state index is 13.1. The van der Waals surface area contributed by atoms with Crippen LogP contribution in [0.3, 0.4) is 0 Å². The largest absolute Gasteiger partial charge is 0.481 e. The minimum atomic E-state index is -0.511. The van der Waals surface area contributed by atoms with Gasteiger partial charge in [0, 0.05) is 36.9 Å². The van der Waals surface area contributed by atoms with Gasteiger partial charge in [-0.25, -0.2) is 4.39 Å². The van der Waals surface area contributed by atoms with Crippen LogP contribution in [0, 0.1) is 12.7 Å². The molecule has 0 radical (unpaired) electrons. The summed E-state index contributed by atoms with van der Waals surface area (Å²) >= 11 is 6.05. The SMILES string of the molecule is CCC(Oc1ccc(Cl)c(C)c1)C(=O)N1CCN(c2ccc(F)cc2)CC1. The van der Waals surface area contributed by atoms with Crippen molar-refractivity contribution in [1.29, 1.82) is 0 Å². The van der Waals surface area contributed by atoms with E-state index in [1.165, 1.54) is 12.1 Å². The Bertz CT molecular complexity index is 789. The van der Waals surface area contributed by atoms with Crippen LogP contribution in [0.2, 0.25) is 5.02 Å². The Kier molecular flexibility index (Phi) is 6.22. The third-order valence-corrected chi connectivity index (χ3v) is 5.26. The predicted octanol–water partition coefficient (Wildman–Crippen LogP) is 4.29. The molecule has 2 aromatic rings. The van der Waals surface area contributed by atoms with Crippen LogP contribution in [-0.2, 0) is 4.79 Å². The standard InChI is InChI=1S/C21H24ClFN2O2/c1-3-20(27-18-8-9-19(22)15(2)14-18)21(26)25-12-10-24(11-13-25)17-6-4-16(23)5-7-17/h4-9,14,20H,3,10-13H2,1-2H3. The molecule has 4 nitrogen and oxygen atoms in total. The Hall–Kier alpha value is -2.27. The Morgan fingerprint density at radius 1 is 1.15 bits per heavy atom. The highest BCUT2D eigenvalue weighted by Gasteiger charge is 2.28. The van der Waals surface area contributed by atoms with Crippen LogP contribution >= 0.6 is 11.6 Å². The van der Waals surface area contributed by atoms with E-state index in [0.29, 0.717) is 43.4 Å². The number of anilines is 1. The Morgan fingerprint density at radius 2 is 1.81 bits per heavy atom. The number of rotatable bonds is 5. The van der Waals surface area contributed by atoms with E-state index in [1.54, 1.807) is 24.3 Å². The fraction of sp³-hybridized carbons (Fsp3) is 0.381. The number of piperazine rings is 1. The second-order valence-corrected chi connectivity index (χ2v) is 7.12. The third-order valence-electron chi connectivity index (χ3n) is 4.84. The van der Waals surface area contributed by atoms with Gasteiger partial charge in [0.2, 0.25) is 0 Å². The normalized spacial score (nSPS) is 15.6. The van der Waals surface area contributed by atoms with Crippen molar-refractivity contribution >= 4 is 23.2 Å². The quantitative estimate of drug-likeness (QED) is 0.763. The van der Waals surface area contributed by atoms with Crippen LogP contribution in [-0.4, -0.2) is 43.1 Å². The van der Waals surface area contributed by atoms with E-state index in [2.05, 4.69) is 4.90 Å². The summed E-state index contributed by atoms with van der Waals surface area (Å²) in [5, 5.41) is 0.679. The topological polar surface area (TPSA) is 32.8 Å². The average Bonchev–Trinajstić information content (AvgIpc) is 2.69. The number of nitrogens with zero attached hydrogens (tertiary/aromatic N) is 2. The monoisotopic (exact) mass is 390 g/mol. The zero-order valence-electron chi connectivity index (χ0n) is 15.6. The molecule has 0 N–H and O–H groups in total. The van der Waals surface area contributed by atoms with Crippen molar-refractivity contribution in [3.8, 4) is 5.75 Å². The lowest BCUT2D eigenvalue weighted by Gasteiger charge is -2.37. The fourth-order valence-corrected chi connectivity index (χ4v) is 3.32. The number of aryl methyl sites for hydroxylation is 1. The first kappa shape index (κ1) is 19.5. The van der Waals surface area contributed by atoms with Crippen LogP contribution in [0.1, 0.15) is 18.9 Å². The van der Waals surface area contributed by atoms with Gasteiger partial charge in [-0.05, 0) is 61.4 Å². The van der Waals surface area contributed by atoms with E-state index in [-0.39, 0.29) is 11.7 Å². The zero-order chi connectivity index (χ0) is 19.4. The lowest BCUT2D eigenvalue weighted by Crippen LogP contribution is -2.52. The fourth-order valence-electron chi connectivity index (χ4n) is 3.20. The van der Waals surface area contributed by atoms with Gasteiger partial charge < -0.3 is 14.5 Å². The van der Waals surface area contributed by atoms with Gasteiger partial charge in [0.15, 0.2) is 6.10 Å². The summed E-state index contributed by atoms with van der Waals surface area (Å²) in [5.74, 6) is 0.416. The lowest BCUT2D eigenvalue weighted by molar-refractivity contribution is -0.139. The summed E-state index contributed by atoms with van der Waals surface area (Å²) in [6.45, 7) is 6.53. The highest BCUT2D eigenvalue weighted by molar-refractivity contribution is 6.31. The summed E-state index contributed by atoms with van der Waals surface area (Å²) in [4.78, 5) is 16.9. The number of halogens is 2. The molecule has 1 aliphatic rings. The molecule has 144 valence electrons. The summed E-state index contributed by atoms with van der Waals surface area (Å²) in [6, 6.07) is 11.9. The van der Waals surface area contributed by atoms with Crippen LogP contribution in [0.25, 0.3) is 0 Å². The van der Waals surface area contributed by atoms with E-state index < -0.39 is 6.10 Å². The molecule has 6 heteroatoms. The lowest BCUT2D eigenvalue weighted by atomic mass is 10.2. The second-order valence-electron chi connectivity index (χ2n) is 6.71. The van der Waals surface area contributed by atoms with Gasteiger partial charge in [-0.15, -0.1) is 0 Å². The van der Waals surface area contributed by atoms with E-state index in [1.807, 2.05) is 24.8 Å². The van der Waals surface area contributed by atoms with Crippen molar-refractivity contribution < 1.29 is 13.9 Å². The van der Waals surface area contributed by atoms with Gasteiger partial charge in [-0.3, -0.25) is 4.79 Å². The Labute approximate surface area is 164 Å². The maximum absolute atomic E-state index is 13.1. The molecule has 1 heterocycles. The molecule has 1 atom stereocenters. The number of hydrogen-bond donors (Lipinski definition) is 0. The van der Waals surface area contributed by atoms with E-state index in [0.717, 1.165) is 11.3 Å². The first-order chi connectivity index (χ1) is 13.0. The predicted molar refractivity (Wildman–Crippen MR) is 106 cm³/mol. The molecule has 1 amide bonds. The van der Waals surface area contributed by atoms with Gasteiger partial charge in [-0.2, -0.15) is 0 Å². The summed E-state index contributed by atoms with van der Waals surface area (Å²) in [5.41, 5.74) is 1.90. The third kappa shape index (κ3) is 4.72. The minimum Gasteiger partial charge on any atom is -0.481 e. The Balaban J connectivity index is 1.59. The first-order valence-electron chi connectivity index (χ1n) is 9.20. The molecule has 27 heavy (non-hydrogen) atoms. The number of benzene rings is 2. The van der Waals surface area contributed by atoms with Gasteiger partial charge in [0.05, 0.1) is 0 Å². The molecule has 0 spiro atoms. The maximum Gasteiger partial charge on any atom is 0.263 e. The number of ether oxygens (including phenoxy) is 1. The average molecular weight is 391 g/mol. The van der Waals surface area contributed by atoms with E-state index >= 15 is 0 Å². The van der Waals surface area contributed by atoms with Crippen LogP contribution in [0.4, 0.5) is 10.1 Å². The molecule has 1 saturated heterocycles. The van der Waals surface area contributed by atoms with Crippen LogP contribution < -0.4 is 9.64 Å². The highest BCUT2D eigenvalue weighted by atomic mass is 35.5.